The summed E-state index contributed by atoms with van der Waals surface area (Å²) in [7, 11) is 0. The van der Waals surface area contributed by atoms with Crippen LogP contribution in [-0.2, 0) is 4.79 Å². The van der Waals surface area contributed by atoms with E-state index in [1.54, 1.807) is 0 Å². The van der Waals surface area contributed by atoms with E-state index in [4.69, 9.17) is 0 Å². The predicted molar refractivity (Wildman–Crippen MR) is 77.8 cm³/mol. The summed E-state index contributed by atoms with van der Waals surface area (Å²) >= 11 is 0. The molecular formula is C16H24N2O. The molecule has 1 heterocycles. The first kappa shape index (κ1) is 14.1. The molecule has 1 aromatic carbocycles. The van der Waals surface area contributed by atoms with Gasteiger partial charge in [-0.05, 0) is 50.8 Å². The summed E-state index contributed by atoms with van der Waals surface area (Å²) in [6.45, 7) is 4.24. The zero-order valence-electron chi connectivity index (χ0n) is 11.7. The lowest BCUT2D eigenvalue weighted by Gasteiger charge is -2.22. The quantitative estimate of drug-likeness (QED) is 0.854. The Balaban J connectivity index is 1.71. The minimum Gasteiger partial charge on any atom is -0.350 e. The van der Waals surface area contributed by atoms with Crippen molar-refractivity contribution in [1.82, 2.24) is 10.6 Å². The Morgan fingerprint density at radius 3 is 2.89 bits per heavy atom. The fourth-order valence-electron chi connectivity index (χ4n) is 2.64. The largest absolute Gasteiger partial charge is 0.350 e. The number of hydrogen-bond donors (Lipinski definition) is 2. The monoisotopic (exact) mass is 260 g/mol. The number of rotatable bonds is 5. The van der Waals surface area contributed by atoms with Gasteiger partial charge in [-0.3, -0.25) is 4.79 Å². The summed E-state index contributed by atoms with van der Waals surface area (Å²) < 4.78 is 0. The van der Waals surface area contributed by atoms with Crippen molar-refractivity contribution in [2.45, 2.75) is 38.6 Å². The van der Waals surface area contributed by atoms with Gasteiger partial charge in [-0.15, -0.1) is 0 Å². The molecule has 0 aromatic heterocycles. The van der Waals surface area contributed by atoms with Crippen molar-refractivity contribution >= 4 is 5.91 Å². The van der Waals surface area contributed by atoms with Gasteiger partial charge >= 0.3 is 0 Å². The molecule has 0 spiro atoms. The van der Waals surface area contributed by atoms with Crippen molar-refractivity contribution in [3.05, 3.63) is 35.9 Å². The molecule has 2 atom stereocenters. The Hall–Kier alpha value is -1.35. The molecule has 0 radical (unpaired) electrons. The third-order valence-electron chi connectivity index (χ3n) is 3.86. The highest BCUT2D eigenvalue weighted by Gasteiger charge is 2.15. The first-order valence-electron chi connectivity index (χ1n) is 7.30. The van der Waals surface area contributed by atoms with Gasteiger partial charge in [0.15, 0.2) is 0 Å². The molecule has 0 saturated carbocycles. The molecule has 104 valence electrons. The number of benzene rings is 1. The highest BCUT2D eigenvalue weighted by atomic mass is 16.1. The lowest BCUT2D eigenvalue weighted by atomic mass is 9.94. The van der Waals surface area contributed by atoms with Crippen molar-refractivity contribution in [3.8, 4) is 0 Å². The lowest BCUT2D eigenvalue weighted by molar-refractivity contribution is -0.122. The summed E-state index contributed by atoms with van der Waals surface area (Å²) in [4.78, 5) is 11.9. The van der Waals surface area contributed by atoms with Crippen LogP contribution in [0.3, 0.4) is 0 Å². The second-order valence-corrected chi connectivity index (χ2v) is 5.45. The SMILES string of the molecule is CC(NC(=O)CCC1CCCNC1)c1ccccc1. The molecule has 1 aromatic rings. The van der Waals surface area contributed by atoms with E-state index in [1.165, 1.54) is 12.8 Å². The maximum Gasteiger partial charge on any atom is 0.220 e. The number of amides is 1. The normalized spacial score (nSPS) is 20.8. The van der Waals surface area contributed by atoms with Crippen LogP contribution in [0, 0.1) is 5.92 Å². The fourth-order valence-corrected chi connectivity index (χ4v) is 2.64. The summed E-state index contributed by atoms with van der Waals surface area (Å²) in [6, 6.07) is 10.2. The van der Waals surface area contributed by atoms with Gasteiger partial charge in [-0.1, -0.05) is 30.3 Å². The number of piperidine rings is 1. The van der Waals surface area contributed by atoms with Crippen LogP contribution >= 0.6 is 0 Å². The van der Waals surface area contributed by atoms with E-state index in [1.807, 2.05) is 25.1 Å². The molecule has 1 aliphatic rings. The van der Waals surface area contributed by atoms with E-state index in [9.17, 15) is 4.79 Å². The third-order valence-corrected chi connectivity index (χ3v) is 3.86. The van der Waals surface area contributed by atoms with Crippen LogP contribution in [0.15, 0.2) is 30.3 Å². The predicted octanol–water partition coefficient (Wildman–Crippen LogP) is 2.64. The van der Waals surface area contributed by atoms with Crippen molar-refractivity contribution in [1.29, 1.82) is 0 Å². The fraction of sp³-hybridized carbons (Fsp3) is 0.562. The van der Waals surface area contributed by atoms with Gasteiger partial charge in [-0.2, -0.15) is 0 Å². The smallest absolute Gasteiger partial charge is 0.220 e. The Morgan fingerprint density at radius 2 is 2.21 bits per heavy atom. The van der Waals surface area contributed by atoms with Crippen LogP contribution in [0.4, 0.5) is 0 Å². The van der Waals surface area contributed by atoms with Gasteiger partial charge in [0.2, 0.25) is 5.91 Å². The zero-order valence-corrected chi connectivity index (χ0v) is 11.7. The van der Waals surface area contributed by atoms with Crippen LogP contribution in [0.25, 0.3) is 0 Å². The number of nitrogens with one attached hydrogen (secondary N) is 2. The van der Waals surface area contributed by atoms with Crippen molar-refractivity contribution < 1.29 is 4.79 Å². The summed E-state index contributed by atoms with van der Waals surface area (Å²) in [5.41, 5.74) is 1.16. The second kappa shape index (κ2) is 7.29. The molecule has 0 bridgehead atoms. The molecule has 1 saturated heterocycles. The highest BCUT2D eigenvalue weighted by molar-refractivity contribution is 5.76. The number of carbonyl (C=O) groups is 1. The van der Waals surface area contributed by atoms with Crippen LogP contribution in [-0.4, -0.2) is 19.0 Å². The molecule has 2 N–H and O–H groups in total. The maximum atomic E-state index is 11.9. The standard InChI is InChI=1S/C16H24N2O/c1-13(15-7-3-2-4-8-15)18-16(19)10-9-14-6-5-11-17-12-14/h2-4,7-8,13-14,17H,5-6,9-12H2,1H3,(H,18,19). The average Bonchev–Trinajstić information content (AvgIpc) is 2.47. The van der Waals surface area contributed by atoms with Gasteiger partial charge in [-0.25, -0.2) is 0 Å². The zero-order chi connectivity index (χ0) is 13.5. The van der Waals surface area contributed by atoms with E-state index in [0.29, 0.717) is 12.3 Å². The van der Waals surface area contributed by atoms with Gasteiger partial charge < -0.3 is 10.6 Å². The summed E-state index contributed by atoms with van der Waals surface area (Å²) in [5.74, 6) is 0.841. The van der Waals surface area contributed by atoms with Gasteiger partial charge in [0.25, 0.3) is 0 Å². The molecule has 3 heteroatoms. The minimum absolute atomic E-state index is 0.0955. The van der Waals surface area contributed by atoms with Gasteiger partial charge in [0.05, 0.1) is 6.04 Å². The first-order chi connectivity index (χ1) is 9.25. The molecule has 3 nitrogen and oxygen atoms in total. The van der Waals surface area contributed by atoms with E-state index in [-0.39, 0.29) is 11.9 Å². The Kier molecular flexibility index (Phi) is 5.40. The van der Waals surface area contributed by atoms with E-state index in [2.05, 4.69) is 22.8 Å². The molecule has 2 unspecified atom stereocenters. The van der Waals surface area contributed by atoms with Gasteiger partial charge in [0, 0.05) is 6.42 Å². The topological polar surface area (TPSA) is 41.1 Å². The molecule has 1 aliphatic heterocycles. The van der Waals surface area contributed by atoms with Crippen molar-refractivity contribution in [2.75, 3.05) is 13.1 Å². The number of hydrogen-bond acceptors (Lipinski definition) is 2. The molecule has 2 rings (SSSR count). The van der Waals surface area contributed by atoms with E-state index >= 15 is 0 Å². The molecule has 19 heavy (non-hydrogen) atoms. The first-order valence-corrected chi connectivity index (χ1v) is 7.30. The van der Waals surface area contributed by atoms with Crippen LogP contribution < -0.4 is 10.6 Å². The highest BCUT2D eigenvalue weighted by Crippen LogP contribution is 2.17. The Bertz CT molecular complexity index is 385. The van der Waals surface area contributed by atoms with E-state index < -0.39 is 0 Å². The van der Waals surface area contributed by atoms with Crippen LogP contribution in [0.2, 0.25) is 0 Å². The molecular weight excluding hydrogens is 236 g/mol. The van der Waals surface area contributed by atoms with Gasteiger partial charge in [0.1, 0.15) is 0 Å². The third kappa shape index (κ3) is 4.67. The lowest BCUT2D eigenvalue weighted by Crippen LogP contribution is -2.31. The molecule has 1 amide bonds. The Labute approximate surface area is 115 Å². The number of carbonyl (C=O) groups excluding carboxylic acids is 1. The van der Waals surface area contributed by atoms with Crippen molar-refractivity contribution in [3.63, 3.8) is 0 Å². The van der Waals surface area contributed by atoms with E-state index in [0.717, 1.165) is 25.1 Å². The second-order valence-electron chi connectivity index (χ2n) is 5.45. The summed E-state index contributed by atoms with van der Waals surface area (Å²) in [5, 5.41) is 6.47. The summed E-state index contributed by atoms with van der Waals surface area (Å²) in [6.07, 6.45) is 4.14. The van der Waals surface area contributed by atoms with Crippen LogP contribution in [0.5, 0.6) is 0 Å². The minimum atomic E-state index is 0.0955. The van der Waals surface area contributed by atoms with Crippen LogP contribution in [0.1, 0.15) is 44.2 Å². The molecule has 0 aliphatic carbocycles. The van der Waals surface area contributed by atoms with Crippen molar-refractivity contribution in [2.24, 2.45) is 5.92 Å². The average molecular weight is 260 g/mol. The Morgan fingerprint density at radius 1 is 1.42 bits per heavy atom. The maximum absolute atomic E-state index is 11.9. The molecule has 1 fully saturated rings.